The maximum atomic E-state index is 10.5. The monoisotopic (exact) mass is 287 g/mol. The summed E-state index contributed by atoms with van der Waals surface area (Å²) in [5, 5.41) is 11.1. The molecule has 3 rings (SSSR count). The first-order valence-electron chi connectivity index (χ1n) is 6.98. The Morgan fingerprint density at radius 1 is 1.15 bits per heavy atom. The molecular weight excluding hydrogens is 270 g/mol. The van der Waals surface area contributed by atoms with Gasteiger partial charge >= 0.3 is 0 Å². The Kier molecular flexibility index (Phi) is 3.68. The molecule has 0 amide bonds. The van der Waals surface area contributed by atoms with Gasteiger partial charge in [-0.05, 0) is 42.0 Å². The Morgan fingerprint density at radius 3 is 2.60 bits per heavy atom. The van der Waals surface area contributed by atoms with Gasteiger partial charge in [0, 0.05) is 16.3 Å². The zero-order valence-corrected chi connectivity index (χ0v) is 12.0. The van der Waals surface area contributed by atoms with Crippen LogP contribution in [0.1, 0.15) is 48.0 Å². The molecule has 2 aromatic rings. The minimum atomic E-state index is -0.702. The number of aliphatic hydroxyl groups is 1. The minimum absolute atomic E-state index is 0.527. The van der Waals surface area contributed by atoms with Crippen molar-refractivity contribution >= 4 is 17.3 Å². The van der Waals surface area contributed by atoms with E-state index in [1.165, 1.54) is 24.8 Å². The molecule has 1 unspecified atom stereocenters. The van der Waals surface area contributed by atoms with Crippen molar-refractivity contribution in [2.24, 2.45) is 0 Å². The lowest BCUT2D eigenvalue weighted by Crippen LogP contribution is -2.10. The number of nitrogen functional groups attached to an aromatic ring is 1. The Morgan fingerprint density at radius 2 is 1.95 bits per heavy atom. The molecular formula is C17H18ClNO. The fourth-order valence-corrected chi connectivity index (χ4v) is 2.88. The molecule has 0 spiro atoms. The fraction of sp³-hybridized carbons (Fsp3) is 0.294. The van der Waals surface area contributed by atoms with Crippen LogP contribution in [0.2, 0.25) is 5.02 Å². The van der Waals surface area contributed by atoms with E-state index in [9.17, 15) is 5.11 Å². The van der Waals surface area contributed by atoms with Gasteiger partial charge in [0.25, 0.3) is 0 Å². The van der Waals surface area contributed by atoms with Gasteiger partial charge in [0.1, 0.15) is 6.10 Å². The predicted octanol–water partition coefficient (Wildman–Crippen LogP) is 4.27. The first-order valence-corrected chi connectivity index (χ1v) is 7.36. The Balaban J connectivity index is 1.91. The molecule has 104 valence electrons. The highest BCUT2D eigenvalue weighted by Gasteiger charge is 2.21. The quantitative estimate of drug-likeness (QED) is 0.828. The van der Waals surface area contributed by atoms with Gasteiger partial charge in [-0.25, -0.2) is 0 Å². The number of rotatable bonds is 3. The van der Waals surface area contributed by atoms with Crippen LogP contribution in [0.25, 0.3) is 0 Å². The van der Waals surface area contributed by atoms with Crippen LogP contribution >= 0.6 is 11.6 Å². The van der Waals surface area contributed by atoms with Gasteiger partial charge < -0.3 is 10.8 Å². The maximum Gasteiger partial charge on any atom is 0.106 e. The highest BCUT2D eigenvalue weighted by molar-refractivity contribution is 6.30. The zero-order valence-electron chi connectivity index (χ0n) is 11.2. The van der Waals surface area contributed by atoms with Crippen molar-refractivity contribution in [3.63, 3.8) is 0 Å². The summed E-state index contributed by atoms with van der Waals surface area (Å²) >= 11 is 5.90. The third-order valence-electron chi connectivity index (χ3n) is 4.15. The van der Waals surface area contributed by atoms with Crippen molar-refractivity contribution in [1.82, 2.24) is 0 Å². The van der Waals surface area contributed by atoms with E-state index in [1.807, 2.05) is 12.1 Å². The Bertz CT molecular complexity index is 622. The Hall–Kier alpha value is -1.51. The summed E-state index contributed by atoms with van der Waals surface area (Å²) in [6.07, 6.45) is 3.11. The van der Waals surface area contributed by atoms with E-state index in [4.69, 9.17) is 17.3 Å². The average Bonchev–Trinajstić information content (AvgIpc) is 2.36. The normalized spacial score (nSPS) is 16.7. The molecule has 2 nitrogen and oxygen atoms in total. The van der Waals surface area contributed by atoms with Crippen molar-refractivity contribution in [3.05, 3.63) is 64.2 Å². The lowest BCUT2D eigenvalue weighted by molar-refractivity contribution is 0.221. The van der Waals surface area contributed by atoms with Crippen LogP contribution in [0, 0.1) is 0 Å². The molecule has 0 bridgehead atoms. The third kappa shape index (κ3) is 2.54. The molecule has 1 saturated carbocycles. The minimum Gasteiger partial charge on any atom is -0.398 e. The van der Waals surface area contributed by atoms with Crippen LogP contribution in [-0.2, 0) is 0 Å². The second kappa shape index (κ2) is 5.47. The largest absolute Gasteiger partial charge is 0.398 e. The van der Waals surface area contributed by atoms with Crippen molar-refractivity contribution in [3.8, 4) is 0 Å². The number of anilines is 1. The first-order chi connectivity index (χ1) is 9.65. The molecule has 0 saturated heterocycles. The van der Waals surface area contributed by atoms with Crippen molar-refractivity contribution in [2.45, 2.75) is 31.3 Å². The van der Waals surface area contributed by atoms with Crippen LogP contribution in [0.15, 0.2) is 42.5 Å². The summed E-state index contributed by atoms with van der Waals surface area (Å²) in [5.74, 6) is 0.657. The summed E-state index contributed by atoms with van der Waals surface area (Å²) in [6.45, 7) is 0. The van der Waals surface area contributed by atoms with Crippen LogP contribution in [0.4, 0.5) is 5.69 Å². The summed E-state index contributed by atoms with van der Waals surface area (Å²) in [6, 6.07) is 13.4. The summed E-state index contributed by atoms with van der Waals surface area (Å²) < 4.78 is 0. The standard InChI is InChI=1S/C17H18ClNO/c18-14-7-8-15(16(19)10-14)17(20)13-6-2-5-12(9-13)11-3-1-4-11/h2,5-11,17,20H,1,3-4,19H2. The van der Waals surface area contributed by atoms with E-state index >= 15 is 0 Å². The molecule has 0 radical (unpaired) electrons. The fourth-order valence-electron chi connectivity index (χ4n) is 2.70. The van der Waals surface area contributed by atoms with Crippen LogP contribution in [0.5, 0.6) is 0 Å². The molecule has 1 atom stereocenters. The number of nitrogens with two attached hydrogens (primary N) is 1. The molecule has 3 N–H and O–H groups in total. The van der Waals surface area contributed by atoms with Gasteiger partial charge in [0.2, 0.25) is 0 Å². The highest BCUT2D eigenvalue weighted by Crippen LogP contribution is 2.38. The maximum absolute atomic E-state index is 10.5. The van der Waals surface area contributed by atoms with E-state index < -0.39 is 6.10 Å². The second-order valence-corrected chi connectivity index (χ2v) is 5.91. The van der Waals surface area contributed by atoms with Crippen LogP contribution < -0.4 is 5.73 Å². The van der Waals surface area contributed by atoms with E-state index in [0.29, 0.717) is 22.2 Å². The molecule has 0 heterocycles. The second-order valence-electron chi connectivity index (χ2n) is 5.47. The molecule has 3 heteroatoms. The molecule has 1 fully saturated rings. The van der Waals surface area contributed by atoms with Crippen LogP contribution in [0.3, 0.4) is 0 Å². The summed E-state index contributed by atoms with van der Waals surface area (Å²) in [5.41, 5.74) is 9.40. The van der Waals surface area contributed by atoms with Gasteiger partial charge in [-0.1, -0.05) is 48.4 Å². The Labute approximate surface area is 124 Å². The number of hydrogen-bond acceptors (Lipinski definition) is 2. The molecule has 1 aliphatic carbocycles. The SMILES string of the molecule is Nc1cc(Cl)ccc1C(O)c1cccc(C2CCC2)c1. The average molecular weight is 288 g/mol. The molecule has 20 heavy (non-hydrogen) atoms. The number of benzene rings is 2. The third-order valence-corrected chi connectivity index (χ3v) is 4.38. The number of hydrogen-bond donors (Lipinski definition) is 2. The molecule has 0 aliphatic heterocycles. The predicted molar refractivity (Wildman–Crippen MR) is 83.0 cm³/mol. The van der Waals surface area contributed by atoms with E-state index in [0.717, 1.165) is 5.56 Å². The van der Waals surface area contributed by atoms with E-state index in [-0.39, 0.29) is 0 Å². The van der Waals surface area contributed by atoms with Crippen molar-refractivity contribution in [2.75, 3.05) is 5.73 Å². The molecule has 0 aromatic heterocycles. The lowest BCUT2D eigenvalue weighted by Gasteiger charge is -2.26. The molecule has 2 aromatic carbocycles. The zero-order chi connectivity index (χ0) is 14.1. The van der Waals surface area contributed by atoms with Gasteiger partial charge in [-0.15, -0.1) is 0 Å². The van der Waals surface area contributed by atoms with Gasteiger partial charge in [-0.3, -0.25) is 0 Å². The van der Waals surface area contributed by atoms with Gasteiger partial charge in [0.15, 0.2) is 0 Å². The summed E-state index contributed by atoms with van der Waals surface area (Å²) in [7, 11) is 0. The van der Waals surface area contributed by atoms with Crippen molar-refractivity contribution in [1.29, 1.82) is 0 Å². The van der Waals surface area contributed by atoms with Gasteiger partial charge in [-0.2, -0.15) is 0 Å². The van der Waals surface area contributed by atoms with Crippen LogP contribution in [-0.4, -0.2) is 5.11 Å². The molecule has 1 aliphatic rings. The summed E-state index contributed by atoms with van der Waals surface area (Å²) in [4.78, 5) is 0. The topological polar surface area (TPSA) is 46.2 Å². The number of halogens is 1. The highest BCUT2D eigenvalue weighted by atomic mass is 35.5. The number of aliphatic hydroxyl groups excluding tert-OH is 1. The van der Waals surface area contributed by atoms with Crippen molar-refractivity contribution < 1.29 is 5.11 Å². The van der Waals surface area contributed by atoms with E-state index in [2.05, 4.69) is 12.1 Å². The lowest BCUT2D eigenvalue weighted by atomic mass is 9.79. The van der Waals surface area contributed by atoms with Gasteiger partial charge in [0.05, 0.1) is 0 Å². The first kappa shape index (κ1) is 13.5. The smallest absolute Gasteiger partial charge is 0.106 e. The van der Waals surface area contributed by atoms with E-state index in [1.54, 1.807) is 18.2 Å².